The topological polar surface area (TPSA) is 53.6 Å². The van der Waals surface area contributed by atoms with Crippen molar-refractivity contribution in [3.63, 3.8) is 0 Å². The van der Waals surface area contributed by atoms with Crippen molar-refractivity contribution in [2.24, 2.45) is 0 Å². The number of fused-ring (bicyclic) bond motifs is 1. The number of hydrogen-bond donors (Lipinski definition) is 2. The zero-order valence-electron chi connectivity index (χ0n) is 13.7. The highest BCUT2D eigenvalue weighted by molar-refractivity contribution is 5.91. The van der Waals surface area contributed by atoms with Gasteiger partial charge in [-0.3, -0.25) is 0 Å². The van der Waals surface area contributed by atoms with Crippen molar-refractivity contribution in [3.05, 3.63) is 78.4 Å². The maximum atomic E-state index is 13.1. The Bertz CT molecular complexity index is 993. The lowest BCUT2D eigenvalue weighted by molar-refractivity contribution is 0.626. The molecule has 2 N–H and O–H groups in total. The van der Waals surface area contributed by atoms with Gasteiger partial charge in [0.05, 0.1) is 5.39 Å². The van der Waals surface area contributed by atoms with Crippen LogP contribution in [0.3, 0.4) is 0 Å². The first kappa shape index (κ1) is 15.3. The molecule has 4 rings (SSSR count). The highest BCUT2D eigenvalue weighted by atomic mass is 19.1. The summed E-state index contributed by atoms with van der Waals surface area (Å²) in [7, 11) is 0. The van der Waals surface area contributed by atoms with Gasteiger partial charge in [-0.25, -0.2) is 14.4 Å². The van der Waals surface area contributed by atoms with Crippen LogP contribution in [-0.4, -0.2) is 15.0 Å². The highest BCUT2D eigenvalue weighted by Crippen LogP contribution is 2.28. The molecule has 4 aromatic rings. The summed E-state index contributed by atoms with van der Waals surface area (Å²) in [4.78, 5) is 12.0. The van der Waals surface area contributed by atoms with E-state index in [1.54, 1.807) is 12.1 Å². The minimum atomic E-state index is -0.237. The molecule has 0 aliphatic rings. The van der Waals surface area contributed by atoms with E-state index in [9.17, 15) is 4.39 Å². The Kier molecular flexibility index (Phi) is 3.90. The molecular formula is C20H17FN4. The first-order chi connectivity index (χ1) is 12.2. The summed E-state index contributed by atoms with van der Waals surface area (Å²) in [6.45, 7) is 2.02. The van der Waals surface area contributed by atoms with Crippen molar-refractivity contribution in [1.29, 1.82) is 0 Å². The third kappa shape index (κ3) is 3.08. The molecule has 1 atom stereocenters. The van der Waals surface area contributed by atoms with Gasteiger partial charge in [0.25, 0.3) is 0 Å². The van der Waals surface area contributed by atoms with Crippen LogP contribution in [0.5, 0.6) is 0 Å². The van der Waals surface area contributed by atoms with E-state index in [-0.39, 0.29) is 11.9 Å². The van der Waals surface area contributed by atoms with Gasteiger partial charge in [0.15, 0.2) is 0 Å². The number of aromatic amines is 1. The first-order valence-corrected chi connectivity index (χ1v) is 8.12. The number of nitrogens with zero attached hydrogens (tertiary/aromatic N) is 2. The highest BCUT2D eigenvalue weighted by Gasteiger charge is 2.12. The lowest BCUT2D eigenvalue weighted by atomic mass is 10.1. The van der Waals surface area contributed by atoms with Gasteiger partial charge in [-0.15, -0.1) is 0 Å². The van der Waals surface area contributed by atoms with E-state index in [0.717, 1.165) is 33.7 Å². The lowest BCUT2D eigenvalue weighted by Gasteiger charge is -2.15. The van der Waals surface area contributed by atoms with Crippen LogP contribution in [0.25, 0.3) is 22.3 Å². The molecule has 25 heavy (non-hydrogen) atoms. The number of aromatic nitrogens is 3. The number of rotatable bonds is 4. The second-order valence-electron chi connectivity index (χ2n) is 5.95. The molecule has 2 aromatic carbocycles. The Morgan fingerprint density at radius 3 is 2.52 bits per heavy atom. The smallest absolute Gasteiger partial charge is 0.143 e. The molecule has 4 nitrogen and oxygen atoms in total. The molecule has 0 saturated heterocycles. The first-order valence-electron chi connectivity index (χ1n) is 8.12. The average molecular weight is 332 g/mol. The van der Waals surface area contributed by atoms with Crippen LogP contribution in [0, 0.1) is 5.82 Å². The number of anilines is 1. The van der Waals surface area contributed by atoms with Crippen LogP contribution >= 0.6 is 0 Å². The SMILES string of the molecule is C[C@@H](Nc1ncnc2[nH]c(-c3ccccc3)cc12)c1ccc(F)cc1. The van der Waals surface area contributed by atoms with Crippen LogP contribution in [0.1, 0.15) is 18.5 Å². The second kappa shape index (κ2) is 6.36. The van der Waals surface area contributed by atoms with Crippen molar-refractivity contribution in [2.45, 2.75) is 13.0 Å². The Morgan fingerprint density at radius 1 is 1.00 bits per heavy atom. The molecule has 2 aromatic heterocycles. The predicted molar refractivity (Wildman–Crippen MR) is 97.8 cm³/mol. The fourth-order valence-electron chi connectivity index (χ4n) is 2.87. The summed E-state index contributed by atoms with van der Waals surface area (Å²) in [5, 5.41) is 4.32. The van der Waals surface area contributed by atoms with E-state index in [4.69, 9.17) is 0 Å². The minimum absolute atomic E-state index is 0.00576. The number of H-pyrrole nitrogens is 1. The quantitative estimate of drug-likeness (QED) is 0.557. The van der Waals surface area contributed by atoms with Crippen molar-refractivity contribution in [1.82, 2.24) is 15.0 Å². The minimum Gasteiger partial charge on any atom is -0.363 e. The largest absolute Gasteiger partial charge is 0.363 e. The maximum Gasteiger partial charge on any atom is 0.143 e. The molecule has 124 valence electrons. The predicted octanol–water partition coefficient (Wildman–Crippen LogP) is 4.94. The molecule has 0 saturated carbocycles. The molecule has 2 heterocycles. The number of hydrogen-bond acceptors (Lipinski definition) is 3. The molecular weight excluding hydrogens is 315 g/mol. The Morgan fingerprint density at radius 2 is 1.76 bits per heavy atom. The Balaban J connectivity index is 1.68. The normalized spacial score (nSPS) is 12.2. The van der Waals surface area contributed by atoms with Gasteiger partial charge in [-0.05, 0) is 36.2 Å². The van der Waals surface area contributed by atoms with Gasteiger partial charge in [0.1, 0.15) is 23.6 Å². The average Bonchev–Trinajstić information content (AvgIpc) is 3.08. The van der Waals surface area contributed by atoms with Gasteiger partial charge in [0.2, 0.25) is 0 Å². The Hall–Kier alpha value is -3.21. The van der Waals surface area contributed by atoms with Crippen LogP contribution in [-0.2, 0) is 0 Å². The molecule has 0 radical (unpaired) electrons. The van der Waals surface area contributed by atoms with Crippen LogP contribution in [0.4, 0.5) is 10.2 Å². The van der Waals surface area contributed by atoms with Crippen LogP contribution in [0.15, 0.2) is 67.0 Å². The third-order valence-electron chi connectivity index (χ3n) is 4.23. The van der Waals surface area contributed by atoms with Gasteiger partial charge < -0.3 is 10.3 Å². The lowest BCUT2D eigenvalue weighted by Crippen LogP contribution is -2.08. The number of nitrogens with one attached hydrogen (secondary N) is 2. The summed E-state index contributed by atoms with van der Waals surface area (Å²) in [6, 6.07) is 18.6. The summed E-state index contributed by atoms with van der Waals surface area (Å²) < 4.78 is 13.1. The monoisotopic (exact) mass is 332 g/mol. The molecule has 0 fully saturated rings. The number of halogens is 1. The van der Waals surface area contributed by atoms with E-state index < -0.39 is 0 Å². The van der Waals surface area contributed by atoms with Crippen LogP contribution < -0.4 is 5.32 Å². The molecule has 0 spiro atoms. The van der Waals surface area contributed by atoms with E-state index in [1.807, 2.05) is 43.3 Å². The van der Waals surface area contributed by atoms with Crippen molar-refractivity contribution < 1.29 is 4.39 Å². The van der Waals surface area contributed by atoms with E-state index in [2.05, 4.69) is 20.3 Å². The van der Waals surface area contributed by atoms with Crippen LogP contribution in [0.2, 0.25) is 0 Å². The fourth-order valence-corrected chi connectivity index (χ4v) is 2.87. The van der Waals surface area contributed by atoms with Gasteiger partial charge in [0, 0.05) is 11.7 Å². The van der Waals surface area contributed by atoms with Crippen molar-refractivity contribution in [3.8, 4) is 11.3 Å². The molecule has 0 bridgehead atoms. The van der Waals surface area contributed by atoms with Gasteiger partial charge >= 0.3 is 0 Å². The van der Waals surface area contributed by atoms with Crippen molar-refractivity contribution in [2.75, 3.05) is 5.32 Å². The zero-order valence-corrected chi connectivity index (χ0v) is 13.7. The summed E-state index contributed by atoms with van der Waals surface area (Å²) >= 11 is 0. The molecule has 5 heteroatoms. The zero-order chi connectivity index (χ0) is 17.2. The number of benzene rings is 2. The van der Waals surface area contributed by atoms with Gasteiger partial charge in [-0.2, -0.15) is 0 Å². The molecule has 0 amide bonds. The van der Waals surface area contributed by atoms with Crippen molar-refractivity contribution >= 4 is 16.9 Å². The maximum absolute atomic E-state index is 13.1. The van der Waals surface area contributed by atoms with Gasteiger partial charge in [-0.1, -0.05) is 42.5 Å². The molecule has 0 aliphatic carbocycles. The third-order valence-corrected chi connectivity index (χ3v) is 4.23. The summed E-state index contributed by atoms with van der Waals surface area (Å²) in [6.07, 6.45) is 1.54. The second-order valence-corrected chi connectivity index (χ2v) is 5.95. The molecule has 0 aliphatic heterocycles. The molecule has 0 unspecified atom stereocenters. The summed E-state index contributed by atoms with van der Waals surface area (Å²) in [5.41, 5.74) is 3.86. The summed E-state index contributed by atoms with van der Waals surface area (Å²) in [5.74, 6) is 0.513. The standard InChI is InChI=1S/C20H17FN4/c1-13(14-7-9-16(21)10-8-14)24-19-17-11-18(15-5-3-2-4-6-15)25-20(17)23-12-22-19/h2-13H,1H3,(H2,22,23,24,25)/t13-/m1/s1. The van der Waals surface area contributed by atoms with E-state index >= 15 is 0 Å². The van der Waals surface area contributed by atoms with E-state index in [1.165, 1.54) is 18.5 Å². The Labute approximate surface area is 144 Å². The fraction of sp³-hybridized carbons (Fsp3) is 0.100. The van der Waals surface area contributed by atoms with E-state index in [0.29, 0.717) is 0 Å².